The number of hydrogen-bond donors (Lipinski definition) is 1. The van der Waals surface area contributed by atoms with Gasteiger partial charge in [-0.3, -0.25) is 0 Å². The van der Waals surface area contributed by atoms with Crippen LogP contribution in [0, 0.1) is 19.7 Å². The van der Waals surface area contributed by atoms with Gasteiger partial charge < -0.3 is 10.5 Å². The Kier molecular flexibility index (Phi) is 3.63. The molecule has 2 N–H and O–H groups in total. The van der Waals surface area contributed by atoms with Gasteiger partial charge in [-0.1, -0.05) is 12.1 Å². The van der Waals surface area contributed by atoms with Gasteiger partial charge in [0, 0.05) is 12.1 Å². The number of hydrogen-bond acceptors (Lipinski definition) is 2. The van der Waals surface area contributed by atoms with Gasteiger partial charge in [-0.2, -0.15) is 0 Å². The predicted molar refractivity (Wildman–Crippen MR) is 70.3 cm³/mol. The lowest BCUT2D eigenvalue weighted by Crippen LogP contribution is -2.02. The van der Waals surface area contributed by atoms with Crippen molar-refractivity contribution < 1.29 is 9.13 Å². The van der Waals surface area contributed by atoms with Gasteiger partial charge in [0.2, 0.25) is 0 Å². The maximum Gasteiger partial charge on any atom is 0.134 e. The first-order valence-electron chi connectivity index (χ1n) is 5.84. The Morgan fingerprint density at radius 1 is 1.11 bits per heavy atom. The van der Waals surface area contributed by atoms with Crippen molar-refractivity contribution in [2.45, 2.75) is 20.4 Å². The molecule has 2 aromatic rings. The summed E-state index contributed by atoms with van der Waals surface area (Å²) in [6, 6.07) is 10.5. The van der Waals surface area contributed by atoms with Gasteiger partial charge in [0.15, 0.2) is 0 Å². The van der Waals surface area contributed by atoms with Crippen molar-refractivity contribution in [3.8, 4) is 11.5 Å². The second-order valence-corrected chi connectivity index (χ2v) is 4.27. The van der Waals surface area contributed by atoms with Gasteiger partial charge in [-0.15, -0.1) is 0 Å². The summed E-state index contributed by atoms with van der Waals surface area (Å²) in [5.74, 6) is 0.831. The molecule has 2 nitrogen and oxygen atoms in total. The van der Waals surface area contributed by atoms with E-state index in [4.69, 9.17) is 10.5 Å². The Labute approximate surface area is 106 Å². The molecule has 0 radical (unpaired) electrons. The average Bonchev–Trinajstić information content (AvgIpc) is 2.34. The zero-order valence-electron chi connectivity index (χ0n) is 10.5. The summed E-state index contributed by atoms with van der Waals surface area (Å²) in [6.07, 6.45) is 0. The number of ether oxygens (including phenoxy) is 1. The molecule has 94 valence electrons. The van der Waals surface area contributed by atoms with Gasteiger partial charge in [0.1, 0.15) is 17.3 Å². The average molecular weight is 245 g/mol. The normalized spacial score (nSPS) is 10.4. The quantitative estimate of drug-likeness (QED) is 0.895. The van der Waals surface area contributed by atoms with Crippen molar-refractivity contribution in [3.63, 3.8) is 0 Å². The molecule has 0 unspecified atom stereocenters. The molecule has 0 bridgehead atoms. The van der Waals surface area contributed by atoms with Crippen molar-refractivity contribution in [1.29, 1.82) is 0 Å². The molecule has 0 spiro atoms. The molecule has 3 heteroatoms. The first-order valence-corrected chi connectivity index (χ1v) is 5.84. The van der Waals surface area contributed by atoms with Crippen LogP contribution in [0.5, 0.6) is 11.5 Å². The van der Waals surface area contributed by atoms with Crippen LogP contribution in [0.25, 0.3) is 0 Å². The second-order valence-electron chi connectivity index (χ2n) is 4.27. The number of nitrogens with two attached hydrogens (primary N) is 1. The van der Waals surface area contributed by atoms with Gasteiger partial charge in [0.25, 0.3) is 0 Å². The third-order valence-electron chi connectivity index (χ3n) is 2.99. The first-order chi connectivity index (χ1) is 8.61. The Balaban J connectivity index is 2.34. The van der Waals surface area contributed by atoms with Crippen molar-refractivity contribution in [1.82, 2.24) is 0 Å². The number of halogens is 1. The first kappa shape index (κ1) is 12.6. The molecule has 0 atom stereocenters. The van der Waals surface area contributed by atoms with E-state index >= 15 is 0 Å². The fraction of sp³-hybridized carbons (Fsp3) is 0.200. The molecule has 0 aliphatic rings. The molecule has 0 saturated heterocycles. The highest BCUT2D eigenvalue weighted by molar-refractivity contribution is 5.41. The van der Waals surface area contributed by atoms with Crippen LogP contribution in [-0.4, -0.2) is 0 Å². The maximum atomic E-state index is 13.5. The van der Waals surface area contributed by atoms with Crippen molar-refractivity contribution in [2.75, 3.05) is 0 Å². The van der Waals surface area contributed by atoms with Crippen molar-refractivity contribution in [3.05, 3.63) is 58.9 Å². The van der Waals surface area contributed by atoms with E-state index in [1.165, 1.54) is 11.6 Å². The summed E-state index contributed by atoms with van der Waals surface area (Å²) in [5.41, 5.74) is 8.27. The topological polar surface area (TPSA) is 35.2 Å². The SMILES string of the molecule is Cc1ccc(Oc2cccc(F)c2CN)cc1C. The lowest BCUT2D eigenvalue weighted by atomic mass is 10.1. The van der Waals surface area contributed by atoms with Crippen LogP contribution >= 0.6 is 0 Å². The Morgan fingerprint density at radius 3 is 2.56 bits per heavy atom. The van der Waals surface area contributed by atoms with Crippen LogP contribution in [0.2, 0.25) is 0 Å². The van der Waals surface area contributed by atoms with Crippen molar-refractivity contribution in [2.24, 2.45) is 5.73 Å². The summed E-state index contributed by atoms with van der Waals surface area (Å²) in [5, 5.41) is 0. The van der Waals surface area contributed by atoms with E-state index in [1.54, 1.807) is 12.1 Å². The predicted octanol–water partition coefficient (Wildman–Crippen LogP) is 3.69. The van der Waals surface area contributed by atoms with Crippen LogP contribution in [0.3, 0.4) is 0 Å². The molecule has 0 fully saturated rings. The monoisotopic (exact) mass is 245 g/mol. The van der Waals surface area contributed by atoms with Crippen LogP contribution in [0.4, 0.5) is 4.39 Å². The summed E-state index contributed by atoms with van der Waals surface area (Å²) in [7, 11) is 0. The number of rotatable bonds is 3. The third kappa shape index (κ3) is 2.51. The Morgan fingerprint density at radius 2 is 1.89 bits per heavy atom. The summed E-state index contributed by atoms with van der Waals surface area (Å²) in [4.78, 5) is 0. The Bertz CT molecular complexity index is 566. The molecule has 2 rings (SSSR count). The fourth-order valence-corrected chi connectivity index (χ4v) is 1.74. The standard InChI is InChI=1S/C15H16FNO/c1-10-6-7-12(8-11(10)2)18-15-5-3-4-14(16)13(15)9-17/h3-8H,9,17H2,1-2H3. The van der Waals surface area contributed by atoms with Gasteiger partial charge in [-0.05, 0) is 49.2 Å². The van der Waals surface area contributed by atoms with Crippen LogP contribution in [-0.2, 0) is 6.54 Å². The van der Waals surface area contributed by atoms with E-state index < -0.39 is 0 Å². The molecule has 2 aromatic carbocycles. The van der Waals surface area contributed by atoms with E-state index in [-0.39, 0.29) is 12.4 Å². The van der Waals surface area contributed by atoms with Gasteiger partial charge in [-0.25, -0.2) is 4.39 Å². The highest BCUT2D eigenvalue weighted by Gasteiger charge is 2.09. The molecule has 18 heavy (non-hydrogen) atoms. The maximum absolute atomic E-state index is 13.5. The minimum absolute atomic E-state index is 0.118. The largest absolute Gasteiger partial charge is 0.457 e. The van der Waals surface area contributed by atoms with Gasteiger partial charge in [0.05, 0.1) is 0 Å². The van der Waals surface area contributed by atoms with Crippen LogP contribution in [0.1, 0.15) is 16.7 Å². The molecule has 0 aliphatic heterocycles. The van der Waals surface area contributed by atoms with Crippen LogP contribution < -0.4 is 10.5 Å². The van der Waals surface area contributed by atoms with E-state index in [0.717, 1.165) is 5.56 Å². The zero-order chi connectivity index (χ0) is 13.1. The molecule has 0 aromatic heterocycles. The molecule has 0 saturated carbocycles. The van der Waals surface area contributed by atoms with E-state index in [1.807, 2.05) is 32.0 Å². The fourth-order valence-electron chi connectivity index (χ4n) is 1.74. The number of aryl methyl sites for hydroxylation is 2. The van der Waals surface area contributed by atoms with Gasteiger partial charge >= 0.3 is 0 Å². The Hall–Kier alpha value is -1.87. The summed E-state index contributed by atoms with van der Waals surface area (Å²) >= 11 is 0. The second kappa shape index (κ2) is 5.19. The highest BCUT2D eigenvalue weighted by Crippen LogP contribution is 2.28. The summed E-state index contributed by atoms with van der Waals surface area (Å²) < 4.78 is 19.2. The molecule has 0 aliphatic carbocycles. The molecular weight excluding hydrogens is 229 g/mol. The number of benzene rings is 2. The van der Waals surface area contributed by atoms with E-state index in [0.29, 0.717) is 17.1 Å². The third-order valence-corrected chi connectivity index (χ3v) is 2.99. The zero-order valence-corrected chi connectivity index (χ0v) is 10.5. The molecular formula is C15H16FNO. The molecule has 0 heterocycles. The van der Waals surface area contributed by atoms with Crippen LogP contribution in [0.15, 0.2) is 36.4 Å². The smallest absolute Gasteiger partial charge is 0.134 e. The summed E-state index contributed by atoms with van der Waals surface area (Å²) in [6.45, 7) is 4.16. The van der Waals surface area contributed by atoms with E-state index in [9.17, 15) is 4.39 Å². The van der Waals surface area contributed by atoms with E-state index in [2.05, 4.69) is 0 Å². The highest BCUT2D eigenvalue weighted by atomic mass is 19.1. The minimum atomic E-state index is -0.334. The van der Waals surface area contributed by atoms with Crippen molar-refractivity contribution >= 4 is 0 Å². The minimum Gasteiger partial charge on any atom is -0.457 e. The lowest BCUT2D eigenvalue weighted by molar-refractivity contribution is 0.467. The lowest BCUT2D eigenvalue weighted by Gasteiger charge is -2.11. The molecule has 0 amide bonds.